The van der Waals surface area contributed by atoms with E-state index < -0.39 is 41.1 Å². The van der Waals surface area contributed by atoms with E-state index >= 15 is 0 Å². The Kier molecular flexibility index (Phi) is 6.74. The van der Waals surface area contributed by atoms with Crippen LogP contribution in [-0.2, 0) is 14.3 Å². The van der Waals surface area contributed by atoms with Gasteiger partial charge in [-0.3, -0.25) is 5.32 Å². The maximum atomic E-state index is 13.0. The number of esters is 2. The molecular weight excluding hydrogens is 462 g/mol. The van der Waals surface area contributed by atoms with Crippen molar-refractivity contribution in [3.05, 3.63) is 29.8 Å². The van der Waals surface area contributed by atoms with Crippen molar-refractivity contribution in [1.82, 2.24) is 10.9 Å². The maximum absolute atomic E-state index is 13.0. The first-order chi connectivity index (χ1) is 16.5. The van der Waals surface area contributed by atoms with Gasteiger partial charge in [-0.15, -0.1) is 5.10 Å². The van der Waals surface area contributed by atoms with Gasteiger partial charge in [-0.2, -0.15) is 0 Å². The van der Waals surface area contributed by atoms with E-state index in [1.54, 1.807) is 19.1 Å². The van der Waals surface area contributed by atoms with E-state index in [1.165, 1.54) is 12.1 Å². The Morgan fingerprint density at radius 3 is 2.80 bits per heavy atom. The van der Waals surface area contributed by atoms with Crippen molar-refractivity contribution in [2.24, 2.45) is 28.5 Å². The number of benzene rings is 1. The molecule has 5 atom stereocenters. The molecule has 1 aromatic rings. The van der Waals surface area contributed by atoms with E-state index in [0.29, 0.717) is 19.3 Å². The summed E-state index contributed by atoms with van der Waals surface area (Å²) >= 11 is 0. The van der Waals surface area contributed by atoms with E-state index in [9.17, 15) is 24.9 Å². The van der Waals surface area contributed by atoms with Gasteiger partial charge in [-0.05, 0) is 56.6 Å². The predicted octanol–water partition coefficient (Wildman–Crippen LogP) is -1.23. The third-order valence-corrected chi connectivity index (χ3v) is 7.00. The summed E-state index contributed by atoms with van der Waals surface area (Å²) in [5, 5.41) is 37.8. The fourth-order valence-electron chi connectivity index (χ4n) is 5.29. The van der Waals surface area contributed by atoms with Gasteiger partial charge < -0.3 is 35.3 Å². The molecule has 3 aliphatic rings. The summed E-state index contributed by atoms with van der Waals surface area (Å²) in [6.07, 6.45) is 1.59. The zero-order chi connectivity index (χ0) is 25.4. The number of aliphatic hydroxyl groups is 3. The maximum Gasteiger partial charge on any atom is 0.341 e. The molecule has 1 aliphatic carbocycles. The Labute approximate surface area is 201 Å². The van der Waals surface area contributed by atoms with Crippen molar-refractivity contribution < 1.29 is 39.1 Å². The van der Waals surface area contributed by atoms with Gasteiger partial charge in [0.15, 0.2) is 5.84 Å². The van der Waals surface area contributed by atoms with Crippen molar-refractivity contribution >= 4 is 17.8 Å². The van der Waals surface area contributed by atoms with Crippen molar-refractivity contribution in [3.8, 4) is 5.75 Å². The monoisotopic (exact) mass is 493 g/mol. The minimum Gasteiger partial charge on any atom is -0.462 e. The molecular formula is C22H31N5O8. The molecule has 13 nitrogen and oxygen atoms in total. The summed E-state index contributed by atoms with van der Waals surface area (Å²) in [5.74, 6) is -1.18. The van der Waals surface area contributed by atoms with Crippen LogP contribution in [-0.4, -0.2) is 63.0 Å². The number of para-hydroxylation sites is 1. The number of nitrogens with two attached hydrogens (primary N) is 2. The van der Waals surface area contributed by atoms with Crippen LogP contribution in [0.3, 0.4) is 0 Å². The largest absolute Gasteiger partial charge is 0.462 e. The van der Waals surface area contributed by atoms with Gasteiger partial charge in [-0.1, -0.05) is 12.1 Å². The molecule has 5 unspecified atom stereocenters. The Morgan fingerprint density at radius 2 is 2.09 bits per heavy atom. The zero-order valence-corrected chi connectivity index (χ0v) is 19.3. The van der Waals surface area contributed by atoms with E-state index in [1.807, 2.05) is 5.53 Å². The highest BCUT2D eigenvalue weighted by atomic mass is 16.8. The number of ether oxygens (including phenoxy) is 3. The van der Waals surface area contributed by atoms with Crippen molar-refractivity contribution in [2.75, 3.05) is 6.61 Å². The van der Waals surface area contributed by atoms with Gasteiger partial charge in [0.1, 0.15) is 23.0 Å². The van der Waals surface area contributed by atoms with Crippen LogP contribution in [0.5, 0.6) is 5.75 Å². The van der Waals surface area contributed by atoms with Crippen LogP contribution in [0.1, 0.15) is 49.4 Å². The highest BCUT2D eigenvalue weighted by molar-refractivity contribution is 5.93. The number of amidine groups is 1. The number of rotatable bonds is 8. The van der Waals surface area contributed by atoms with Crippen LogP contribution in [0.25, 0.3) is 0 Å². The molecule has 2 heterocycles. The average molecular weight is 494 g/mol. The number of epoxide rings is 1. The minimum atomic E-state index is -2.37. The van der Waals surface area contributed by atoms with Crippen LogP contribution < -0.4 is 27.2 Å². The highest BCUT2D eigenvalue weighted by Gasteiger charge is 2.77. The fraction of sp³-hybridized carbons (Fsp3) is 0.591. The molecule has 0 aromatic heterocycles. The number of hydrazone groups is 1. The topological polar surface area (TPSA) is 214 Å². The molecule has 0 amide bonds. The van der Waals surface area contributed by atoms with E-state index in [2.05, 4.69) is 10.4 Å². The molecule has 1 spiro atoms. The Balaban J connectivity index is 1.46. The smallest absolute Gasteiger partial charge is 0.341 e. The van der Waals surface area contributed by atoms with Crippen LogP contribution >= 0.6 is 0 Å². The van der Waals surface area contributed by atoms with Gasteiger partial charge in [0.2, 0.25) is 5.79 Å². The fourth-order valence-corrected chi connectivity index (χ4v) is 5.29. The number of carbonyl (C=O) groups excluding carboxylic acids is 2. The first kappa shape index (κ1) is 25.3. The first-order valence-corrected chi connectivity index (χ1v) is 11.5. The third-order valence-electron chi connectivity index (χ3n) is 7.00. The normalized spacial score (nSPS) is 32.1. The molecule has 4 rings (SSSR count). The van der Waals surface area contributed by atoms with Gasteiger partial charge in [0, 0.05) is 6.42 Å². The highest BCUT2D eigenvalue weighted by Crippen LogP contribution is 2.61. The lowest BCUT2D eigenvalue weighted by molar-refractivity contribution is -0.142. The number of nitrogens with one attached hydrogen (secondary N) is 2. The lowest BCUT2D eigenvalue weighted by atomic mass is 9.67. The summed E-state index contributed by atoms with van der Waals surface area (Å²) < 4.78 is 16.2. The minimum absolute atomic E-state index is 0.0495. The molecule has 1 saturated carbocycles. The van der Waals surface area contributed by atoms with E-state index in [0.717, 1.165) is 0 Å². The van der Waals surface area contributed by atoms with Crippen LogP contribution in [0.2, 0.25) is 0 Å². The SMILES string of the molecule is CCOC(=O)c1ccccc1OC(=O)C1CC2CC(CC(O)(O)/C(N)=N/NN)CCC23OC3(O)N1. The van der Waals surface area contributed by atoms with Crippen LogP contribution in [0, 0.1) is 11.8 Å². The summed E-state index contributed by atoms with van der Waals surface area (Å²) in [4.78, 5) is 25.2. The summed E-state index contributed by atoms with van der Waals surface area (Å²) in [7, 11) is 0. The summed E-state index contributed by atoms with van der Waals surface area (Å²) in [5.41, 5.74) is 6.77. The average Bonchev–Trinajstić information content (AvgIpc) is 3.43. The number of hydrogen-bond donors (Lipinski definition) is 7. The van der Waals surface area contributed by atoms with Crippen LogP contribution in [0.15, 0.2) is 29.4 Å². The van der Waals surface area contributed by atoms with Crippen LogP contribution in [0.4, 0.5) is 0 Å². The molecule has 1 aromatic carbocycles. The van der Waals surface area contributed by atoms with E-state index in [-0.39, 0.29) is 42.6 Å². The van der Waals surface area contributed by atoms with Crippen molar-refractivity contribution in [2.45, 2.75) is 62.4 Å². The van der Waals surface area contributed by atoms with E-state index in [4.69, 9.17) is 25.8 Å². The molecule has 2 aliphatic heterocycles. The lowest BCUT2D eigenvalue weighted by Crippen LogP contribution is -2.59. The first-order valence-electron chi connectivity index (χ1n) is 11.5. The Bertz CT molecular complexity index is 1020. The molecule has 3 fully saturated rings. The second-order valence-electron chi connectivity index (χ2n) is 9.19. The molecule has 0 radical (unpaired) electrons. The second-order valence-corrected chi connectivity index (χ2v) is 9.19. The van der Waals surface area contributed by atoms with Gasteiger partial charge in [0.25, 0.3) is 5.91 Å². The van der Waals surface area contributed by atoms with Gasteiger partial charge in [-0.25, -0.2) is 21.0 Å². The lowest BCUT2D eigenvalue weighted by Gasteiger charge is -2.41. The standard InChI is InChI=1S/C22H31N5O8/c1-2-33-17(28)14-5-3-4-6-16(14)34-18(29)15-10-13-9-12(11-21(30,31)19(23)26-27-24)7-8-20(13)22(32,25-15)35-20/h3-6,12-13,15,25,27,30-32H,2,7-11,24H2,1H3,(H2,23,26). The second kappa shape index (κ2) is 9.33. The quantitative estimate of drug-likeness (QED) is 0.0331. The number of piperidine rings is 1. The zero-order valence-electron chi connectivity index (χ0n) is 19.3. The molecule has 0 bridgehead atoms. The molecule has 192 valence electrons. The predicted molar refractivity (Wildman–Crippen MR) is 120 cm³/mol. The number of hydrazine groups is 1. The molecule has 2 saturated heterocycles. The van der Waals surface area contributed by atoms with Crippen molar-refractivity contribution in [3.63, 3.8) is 0 Å². The van der Waals surface area contributed by atoms with Crippen molar-refractivity contribution in [1.29, 1.82) is 0 Å². The van der Waals surface area contributed by atoms with Gasteiger partial charge in [0.05, 0.1) is 6.61 Å². The molecule has 9 N–H and O–H groups in total. The van der Waals surface area contributed by atoms with Gasteiger partial charge >= 0.3 is 11.9 Å². The number of carbonyl (C=O) groups is 2. The summed E-state index contributed by atoms with van der Waals surface area (Å²) in [6.45, 7) is 1.84. The Hall–Kier alpha value is -2.81. The molecule has 35 heavy (non-hydrogen) atoms. The third kappa shape index (κ3) is 4.70. The number of hydrogen-bond acceptors (Lipinski definition) is 12. The summed E-state index contributed by atoms with van der Waals surface area (Å²) in [6, 6.07) is 5.31. The molecule has 13 heteroatoms. The Morgan fingerprint density at radius 1 is 1.34 bits per heavy atom. The number of nitrogens with zero attached hydrogens (tertiary/aromatic N) is 1.